The molecule has 1 aliphatic heterocycles. The molecule has 0 bridgehead atoms. The third-order valence-electron chi connectivity index (χ3n) is 2.27. The summed E-state index contributed by atoms with van der Waals surface area (Å²) in [5, 5.41) is 8.87. The second-order valence-electron chi connectivity index (χ2n) is 3.85. The lowest BCUT2D eigenvalue weighted by atomic mass is 10.2. The minimum Gasteiger partial charge on any atom is -0.465 e. The Hall–Kier alpha value is -0.810. The van der Waals surface area contributed by atoms with Gasteiger partial charge in [-0.2, -0.15) is 0 Å². The Morgan fingerprint density at radius 2 is 2.31 bits per heavy atom. The number of likely N-dealkylation sites (N-methyl/N-ethyl adjacent to an activating group) is 1. The van der Waals surface area contributed by atoms with E-state index in [1.807, 2.05) is 19.0 Å². The van der Waals surface area contributed by atoms with Gasteiger partial charge in [-0.1, -0.05) is 0 Å². The van der Waals surface area contributed by atoms with Gasteiger partial charge in [0.1, 0.15) is 0 Å². The molecular formula is C8H17N3O2. The maximum absolute atomic E-state index is 10.8. The molecule has 1 rings (SSSR count). The smallest absolute Gasteiger partial charge is 0.407 e. The van der Waals surface area contributed by atoms with E-state index in [4.69, 9.17) is 10.8 Å². The first-order valence-electron chi connectivity index (χ1n) is 4.40. The minimum atomic E-state index is -0.861. The van der Waals surface area contributed by atoms with Crippen LogP contribution in [-0.4, -0.2) is 60.3 Å². The number of nitrogens with zero attached hydrogens (tertiary/aromatic N) is 2. The number of carboxylic acid groups (broad SMARTS) is 1. The second-order valence-corrected chi connectivity index (χ2v) is 3.85. The van der Waals surface area contributed by atoms with Crippen LogP contribution in [0.1, 0.15) is 6.42 Å². The fourth-order valence-electron chi connectivity index (χ4n) is 1.78. The van der Waals surface area contributed by atoms with Crippen LogP contribution in [0.25, 0.3) is 0 Å². The van der Waals surface area contributed by atoms with Crippen molar-refractivity contribution < 1.29 is 9.90 Å². The Labute approximate surface area is 78.1 Å². The van der Waals surface area contributed by atoms with Crippen LogP contribution in [0.3, 0.4) is 0 Å². The first-order chi connectivity index (χ1) is 6.00. The van der Waals surface area contributed by atoms with Gasteiger partial charge < -0.3 is 20.6 Å². The molecule has 1 aliphatic rings. The van der Waals surface area contributed by atoms with Gasteiger partial charge in [-0.05, 0) is 20.5 Å². The molecule has 5 heteroatoms. The molecule has 0 unspecified atom stereocenters. The molecule has 5 nitrogen and oxygen atoms in total. The zero-order valence-electron chi connectivity index (χ0n) is 8.10. The molecule has 0 spiro atoms. The van der Waals surface area contributed by atoms with Crippen LogP contribution in [0.5, 0.6) is 0 Å². The van der Waals surface area contributed by atoms with Crippen LogP contribution in [-0.2, 0) is 0 Å². The Bertz CT molecular complexity index is 196. The lowest BCUT2D eigenvalue weighted by Crippen LogP contribution is -2.40. The number of hydrogen-bond acceptors (Lipinski definition) is 3. The molecule has 13 heavy (non-hydrogen) atoms. The average molecular weight is 187 g/mol. The highest BCUT2D eigenvalue weighted by atomic mass is 16.4. The van der Waals surface area contributed by atoms with Crippen molar-refractivity contribution in [2.75, 3.05) is 27.2 Å². The highest BCUT2D eigenvalue weighted by molar-refractivity contribution is 5.66. The lowest BCUT2D eigenvalue weighted by Gasteiger charge is -2.23. The van der Waals surface area contributed by atoms with E-state index in [1.165, 1.54) is 4.90 Å². The number of rotatable bonds is 2. The van der Waals surface area contributed by atoms with Gasteiger partial charge in [-0.25, -0.2) is 4.79 Å². The first kappa shape index (κ1) is 10.3. The lowest BCUT2D eigenvalue weighted by molar-refractivity contribution is 0.132. The second kappa shape index (κ2) is 3.93. The minimum absolute atomic E-state index is 0.000972. The van der Waals surface area contributed by atoms with E-state index in [0.29, 0.717) is 6.54 Å². The molecule has 3 N–H and O–H groups in total. The Balaban J connectivity index is 2.55. The molecule has 1 fully saturated rings. The fraction of sp³-hybridized carbons (Fsp3) is 0.875. The van der Waals surface area contributed by atoms with E-state index in [1.54, 1.807) is 0 Å². The van der Waals surface area contributed by atoms with Crippen molar-refractivity contribution in [2.24, 2.45) is 5.73 Å². The Morgan fingerprint density at radius 1 is 1.69 bits per heavy atom. The maximum atomic E-state index is 10.8. The number of likely N-dealkylation sites (tertiary alicyclic amines) is 1. The summed E-state index contributed by atoms with van der Waals surface area (Å²) in [5.74, 6) is 0. The van der Waals surface area contributed by atoms with Crippen LogP contribution >= 0.6 is 0 Å². The van der Waals surface area contributed by atoms with Crippen molar-refractivity contribution in [2.45, 2.75) is 18.5 Å². The quantitative estimate of drug-likeness (QED) is 0.618. The highest BCUT2D eigenvalue weighted by Gasteiger charge is 2.33. The van der Waals surface area contributed by atoms with Crippen molar-refractivity contribution >= 4 is 6.09 Å². The molecule has 1 amide bonds. The summed E-state index contributed by atoms with van der Waals surface area (Å²) >= 11 is 0. The van der Waals surface area contributed by atoms with Gasteiger partial charge in [-0.15, -0.1) is 0 Å². The predicted molar refractivity (Wildman–Crippen MR) is 49.7 cm³/mol. The largest absolute Gasteiger partial charge is 0.465 e. The number of nitrogens with two attached hydrogens (primary N) is 1. The topological polar surface area (TPSA) is 69.8 Å². The van der Waals surface area contributed by atoms with Crippen LogP contribution in [0.15, 0.2) is 0 Å². The van der Waals surface area contributed by atoms with Crippen molar-refractivity contribution in [1.29, 1.82) is 0 Å². The molecule has 0 aromatic carbocycles. The van der Waals surface area contributed by atoms with E-state index in [-0.39, 0.29) is 12.1 Å². The van der Waals surface area contributed by atoms with Crippen molar-refractivity contribution in [3.05, 3.63) is 0 Å². The van der Waals surface area contributed by atoms with Gasteiger partial charge in [0, 0.05) is 25.2 Å². The van der Waals surface area contributed by atoms with Crippen molar-refractivity contribution in [1.82, 2.24) is 9.80 Å². The number of carbonyl (C=O) groups is 1. The number of amides is 1. The van der Waals surface area contributed by atoms with Gasteiger partial charge in [0.2, 0.25) is 0 Å². The monoisotopic (exact) mass is 187 g/mol. The Kier molecular flexibility index (Phi) is 3.11. The summed E-state index contributed by atoms with van der Waals surface area (Å²) in [6.45, 7) is 1.22. The third-order valence-corrected chi connectivity index (χ3v) is 2.27. The molecule has 0 aromatic heterocycles. The highest BCUT2D eigenvalue weighted by Crippen LogP contribution is 2.16. The van der Waals surface area contributed by atoms with Crippen LogP contribution in [0.2, 0.25) is 0 Å². The first-order valence-corrected chi connectivity index (χ1v) is 4.40. The molecule has 0 radical (unpaired) electrons. The molecule has 76 valence electrons. The van der Waals surface area contributed by atoms with E-state index in [2.05, 4.69) is 0 Å². The molecular weight excluding hydrogens is 170 g/mol. The van der Waals surface area contributed by atoms with Gasteiger partial charge >= 0.3 is 6.09 Å². The van der Waals surface area contributed by atoms with E-state index >= 15 is 0 Å². The standard InChI is InChI=1S/C8H17N3O2/c1-10(2)5-7-3-6(9)4-11(7)8(12)13/h6-7H,3-5,9H2,1-2H3,(H,12,13)/t6-,7+/m1/s1. The predicted octanol–water partition coefficient (Wildman–Crippen LogP) is -0.372. The van der Waals surface area contributed by atoms with Gasteiger partial charge in [0.05, 0.1) is 0 Å². The molecule has 2 atom stereocenters. The van der Waals surface area contributed by atoms with Gasteiger partial charge in [0.15, 0.2) is 0 Å². The van der Waals surface area contributed by atoms with Gasteiger partial charge in [-0.3, -0.25) is 0 Å². The summed E-state index contributed by atoms with van der Waals surface area (Å²) in [7, 11) is 3.87. The average Bonchev–Trinajstić information content (AvgIpc) is 2.29. The molecule has 0 aliphatic carbocycles. The van der Waals surface area contributed by atoms with Crippen LogP contribution in [0, 0.1) is 0 Å². The summed E-state index contributed by atoms with van der Waals surface area (Å²) < 4.78 is 0. The zero-order valence-corrected chi connectivity index (χ0v) is 8.10. The van der Waals surface area contributed by atoms with E-state index in [0.717, 1.165) is 13.0 Å². The van der Waals surface area contributed by atoms with Crippen molar-refractivity contribution in [3.63, 3.8) is 0 Å². The molecule has 1 heterocycles. The van der Waals surface area contributed by atoms with Gasteiger partial charge in [0.25, 0.3) is 0 Å². The van der Waals surface area contributed by atoms with E-state index in [9.17, 15) is 4.79 Å². The maximum Gasteiger partial charge on any atom is 0.407 e. The number of hydrogen-bond donors (Lipinski definition) is 2. The van der Waals surface area contributed by atoms with Crippen LogP contribution in [0.4, 0.5) is 4.79 Å². The summed E-state index contributed by atoms with van der Waals surface area (Å²) in [6.07, 6.45) is -0.0930. The summed E-state index contributed by atoms with van der Waals surface area (Å²) in [5.41, 5.74) is 5.71. The molecule has 1 saturated heterocycles. The van der Waals surface area contributed by atoms with Crippen molar-refractivity contribution in [3.8, 4) is 0 Å². The summed E-state index contributed by atoms with van der Waals surface area (Å²) in [6, 6.07) is 0.0588. The molecule has 0 saturated carbocycles. The molecule has 0 aromatic rings. The zero-order chi connectivity index (χ0) is 10.0. The van der Waals surface area contributed by atoms with Crippen LogP contribution < -0.4 is 5.73 Å². The SMILES string of the molecule is CN(C)C[C@@H]1C[C@@H](N)CN1C(=O)O. The normalized spacial score (nSPS) is 28.5. The third kappa shape index (κ3) is 2.57. The Morgan fingerprint density at radius 3 is 2.77 bits per heavy atom. The fourth-order valence-corrected chi connectivity index (χ4v) is 1.78. The summed E-state index contributed by atoms with van der Waals surface area (Å²) in [4.78, 5) is 14.2. The van der Waals surface area contributed by atoms with E-state index < -0.39 is 6.09 Å².